The van der Waals surface area contributed by atoms with Crippen LogP contribution in [0.3, 0.4) is 0 Å². The SMILES string of the molecule is CCCCS(=O)(=O)Nc1ccc(NC(=O)c2cc(C(F)(F)F)nc(-c3cncn3C)n2)cn1. The molecule has 0 saturated carbocycles. The van der Waals surface area contributed by atoms with Crippen LogP contribution in [-0.2, 0) is 23.2 Å². The zero-order chi connectivity index (χ0) is 24.2. The maximum atomic E-state index is 13.3. The first-order chi connectivity index (χ1) is 15.5. The second kappa shape index (κ2) is 9.52. The van der Waals surface area contributed by atoms with Crippen molar-refractivity contribution in [2.45, 2.75) is 25.9 Å². The molecule has 0 spiro atoms. The Hall–Kier alpha value is -3.55. The van der Waals surface area contributed by atoms with Gasteiger partial charge in [-0.2, -0.15) is 13.2 Å². The van der Waals surface area contributed by atoms with Crippen molar-refractivity contribution in [3.8, 4) is 11.5 Å². The average molecular weight is 483 g/mol. The van der Waals surface area contributed by atoms with Crippen molar-refractivity contribution in [1.82, 2.24) is 24.5 Å². The lowest BCUT2D eigenvalue weighted by Crippen LogP contribution is -2.19. The van der Waals surface area contributed by atoms with E-state index >= 15 is 0 Å². The van der Waals surface area contributed by atoms with Crippen molar-refractivity contribution in [1.29, 1.82) is 0 Å². The first kappa shape index (κ1) is 24.1. The normalized spacial score (nSPS) is 11.9. The van der Waals surface area contributed by atoms with Gasteiger partial charge in [0.05, 0.1) is 30.2 Å². The van der Waals surface area contributed by atoms with Crippen molar-refractivity contribution in [2.24, 2.45) is 7.05 Å². The number of imidazole rings is 1. The number of alkyl halides is 3. The number of anilines is 2. The molecule has 3 aromatic heterocycles. The van der Waals surface area contributed by atoms with E-state index in [0.717, 1.165) is 0 Å². The molecule has 0 bridgehead atoms. The Bertz CT molecular complexity index is 1240. The van der Waals surface area contributed by atoms with E-state index in [0.29, 0.717) is 18.9 Å². The summed E-state index contributed by atoms with van der Waals surface area (Å²) in [5.41, 5.74) is -1.48. The summed E-state index contributed by atoms with van der Waals surface area (Å²) in [5, 5.41) is 2.39. The molecule has 0 aliphatic rings. The Kier molecular flexibility index (Phi) is 6.95. The highest BCUT2D eigenvalue weighted by Crippen LogP contribution is 2.29. The summed E-state index contributed by atoms with van der Waals surface area (Å²) >= 11 is 0. The first-order valence-electron chi connectivity index (χ1n) is 9.69. The summed E-state index contributed by atoms with van der Waals surface area (Å²) < 4.78 is 67.6. The maximum Gasteiger partial charge on any atom is 0.433 e. The summed E-state index contributed by atoms with van der Waals surface area (Å²) in [6, 6.07) is 3.22. The van der Waals surface area contributed by atoms with Crippen molar-refractivity contribution in [3.63, 3.8) is 0 Å². The minimum absolute atomic E-state index is 0.0454. The van der Waals surface area contributed by atoms with Gasteiger partial charge >= 0.3 is 6.18 Å². The van der Waals surface area contributed by atoms with E-state index < -0.39 is 33.5 Å². The third kappa shape index (κ3) is 6.25. The molecule has 0 unspecified atom stereocenters. The number of carbonyl (C=O) groups excluding carboxylic acids is 1. The predicted molar refractivity (Wildman–Crippen MR) is 114 cm³/mol. The third-order valence-corrected chi connectivity index (χ3v) is 5.69. The van der Waals surface area contributed by atoms with Gasteiger partial charge in [0.1, 0.15) is 22.9 Å². The van der Waals surface area contributed by atoms with Crippen LogP contribution in [0.25, 0.3) is 11.5 Å². The van der Waals surface area contributed by atoms with Gasteiger partial charge in [-0.05, 0) is 18.6 Å². The smallest absolute Gasteiger partial charge is 0.331 e. The second-order valence-corrected chi connectivity index (χ2v) is 8.85. The fraction of sp³-hybridized carbons (Fsp3) is 0.316. The standard InChI is InChI=1S/C19H20F3N7O3S/c1-3-4-7-33(31,32)28-16-6-5-12(9-24-16)25-18(30)13-8-15(19(20,21)22)27-17(26-13)14-10-23-11-29(14)2/h5-6,8-11H,3-4,7H2,1-2H3,(H,24,28)(H,25,30). The number of amides is 1. The quantitative estimate of drug-likeness (QED) is 0.503. The lowest BCUT2D eigenvalue weighted by atomic mass is 10.2. The topological polar surface area (TPSA) is 132 Å². The minimum atomic E-state index is -4.80. The molecule has 1 amide bonds. The van der Waals surface area contributed by atoms with Gasteiger partial charge in [-0.25, -0.2) is 28.4 Å². The second-order valence-electron chi connectivity index (χ2n) is 7.01. The molecule has 0 fully saturated rings. The number of nitrogens with one attached hydrogen (secondary N) is 2. The molecule has 14 heteroatoms. The van der Waals surface area contributed by atoms with Crippen molar-refractivity contribution >= 4 is 27.4 Å². The Morgan fingerprint density at radius 2 is 1.94 bits per heavy atom. The molecule has 3 aromatic rings. The van der Waals surface area contributed by atoms with Crippen LogP contribution in [0.2, 0.25) is 0 Å². The Morgan fingerprint density at radius 1 is 1.18 bits per heavy atom. The van der Waals surface area contributed by atoms with E-state index in [4.69, 9.17) is 0 Å². The first-order valence-corrected chi connectivity index (χ1v) is 11.3. The molecule has 0 atom stereocenters. The average Bonchev–Trinajstić information content (AvgIpc) is 3.18. The molecule has 0 aromatic carbocycles. The molecule has 2 N–H and O–H groups in total. The molecular formula is C19H20F3N7O3S. The number of hydrogen-bond donors (Lipinski definition) is 2. The number of carbonyl (C=O) groups is 1. The Morgan fingerprint density at radius 3 is 2.52 bits per heavy atom. The molecule has 33 heavy (non-hydrogen) atoms. The molecule has 0 saturated heterocycles. The number of nitrogens with zero attached hydrogens (tertiary/aromatic N) is 5. The third-order valence-electron chi connectivity index (χ3n) is 4.34. The molecule has 3 heterocycles. The molecule has 3 rings (SSSR count). The van der Waals surface area contributed by atoms with Gasteiger partial charge in [0.25, 0.3) is 5.91 Å². The van der Waals surface area contributed by atoms with E-state index in [1.165, 1.54) is 35.4 Å². The van der Waals surface area contributed by atoms with Crippen LogP contribution in [0.4, 0.5) is 24.7 Å². The van der Waals surface area contributed by atoms with Crippen molar-refractivity contribution in [2.75, 3.05) is 15.8 Å². The van der Waals surface area contributed by atoms with Crippen LogP contribution in [0.1, 0.15) is 35.9 Å². The van der Waals surface area contributed by atoms with Crippen molar-refractivity contribution < 1.29 is 26.4 Å². The van der Waals surface area contributed by atoms with Crippen molar-refractivity contribution in [3.05, 3.63) is 48.3 Å². The highest BCUT2D eigenvalue weighted by Gasteiger charge is 2.34. The van der Waals surface area contributed by atoms with Gasteiger partial charge < -0.3 is 9.88 Å². The number of sulfonamides is 1. The number of hydrogen-bond acceptors (Lipinski definition) is 7. The van der Waals surface area contributed by atoms with Crippen LogP contribution < -0.4 is 10.0 Å². The van der Waals surface area contributed by atoms with Gasteiger partial charge in [-0.3, -0.25) is 9.52 Å². The van der Waals surface area contributed by atoms with E-state index in [9.17, 15) is 26.4 Å². The summed E-state index contributed by atoms with van der Waals surface area (Å²) in [6.07, 6.45) is 0.209. The number of pyridine rings is 1. The number of halogens is 3. The largest absolute Gasteiger partial charge is 0.433 e. The monoisotopic (exact) mass is 483 g/mol. The number of rotatable bonds is 8. The highest BCUT2D eigenvalue weighted by molar-refractivity contribution is 7.92. The van der Waals surface area contributed by atoms with Gasteiger partial charge in [-0.1, -0.05) is 13.3 Å². The van der Waals surface area contributed by atoms with Gasteiger partial charge in [0.2, 0.25) is 10.0 Å². The van der Waals surface area contributed by atoms with Crippen LogP contribution in [0.15, 0.2) is 36.9 Å². The molecular weight excluding hydrogens is 463 g/mol. The van der Waals surface area contributed by atoms with Crippen LogP contribution in [-0.4, -0.2) is 44.6 Å². The Balaban J connectivity index is 1.82. The summed E-state index contributed by atoms with van der Waals surface area (Å²) in [6.45, 7) is 1.86. The van der Waals surface area contributed by atoms with Crippen LogP contribution >= 0.6 is 0 Å². The van der Waals surface area contributed by atoms with Gasteiger partial charge in [0, 0.05) is 13.1 Å². The summed E-state index contributed by atoms with van der Waals surface area (Å²) in [4.78, 5) is 27.8. The molecule has 0 aliphatic heterocycles. The van der Waals surface area contributed by atoms with Gasteiger partial charge in [0.15, 0.2) is 5.82 Å². The van der Waals surface area contributed by atoms with Crippen LogP contribution in [0, 0.1) is 0 Å². The van der Waals surface area contributed by atoms with E-state index in [1.807, 2.05) is 6.92 Å². The number of aromatic nitrogens is 5. The minimum Gasteiger partial charge on any atom is -0.331 e. The fourth-order valence-corrected chi connectivity index (χ4v) is 3.87. The van der Waals surface area contributed by atoms with E-state index in [-0.39, 0.29) is 28.8 Å². The van der Waals surface area contributed by atoms with Gasteiger partial charge in [-0.15, -0.1) is 0 Å². The zero-order valence-electron chi connectivity index (χ0n) is 17.6. The fourth-order valence-electron chi connectivity index (χ4n) is 2.66. The maximum absolute atomic E-state index is 13.3. The zero-order valence-corrected chi connectivity index (χ0v) is 18.4. The predicted octanol–water partition coefficient (Wildman–Crippen LogP) is 3.09. The molecule has 176 valence electrons. The Labute approximate surface area is 187 Å². The molecule has 0 aliphatic carbocycles. The molecule has 0 radical (unpaired) electrons. The summed E-state index contributed by atoms with van der Waals surface area (Å²) in [5.74, 6) is -1.25. The number of unbranched alkanes of at least 4 members (excludes halogenated alkanes) is 1. The molecule has 10 nitrogen and oxygen atoms in total. The van der Waals surface area contributed by atoms with E-state index in [2.05, 4.69) is 30.0 Å². The van der Waals surface area contributed by atoms with E-state index in [1.54, 1.807) is 7.05 Å². The lowest BCUT2D eigenvalue weighted by Gasteiger charge is -2.11. The highest BCUT2D eigenvalue weighted by atomic mass is 32.2. The number of aryl methyl sites for hydroxylation is 1. The lowest BCUT2D eigenvalue weighted by molar-refractivity contribution is -0.141. The summed E-state index contributed by atoms with van der Waals surface area (Å²) in [7, 11) is -2.00. The van der Waals surface area contributed by atoms with Crippen LogP contribution in [0.5, 0.6) is 0 Å².